The highest BCUT2D eigenvalue weighted by atomic mass is 35.5. The molecule has 0 amide bonds. The number of halogens is 1. The van der Waals surface area contributed by atoms with Crippen LogP contribution in [0.1, 0.15) is 28.3 Å². The Balaban J connectivity index is 1.97. The number of esters is 1. The van der Waals surface area contributed by atoms with E-state index in [1.165, 1.54) is 7.11 Å². The molecular formula is C23H20ClN3O4. The number of hydrogen-bond acceptors (Lipinski definition) is 6. The van der Waals surface area contributed by atoms with Gasteiger partial charge in [-0.25, -0.2) is 4.79 Å². The van der Waals surface area contributed by atoms with Gasteiger partial charge in [-0.3, -0.25) is 9.78 Å². The molecule has 7 nitrogen and oxygen atoms in total. The number of methoxy groups -OCH3 is 1. The zero-order valence-corrected chi connectivity index (χ0v) is 17.7. The van der Waals surface area contributed by atoms with E-state index < -0.39 is 11.9 Å². The molecule has 1 aromatic carbocycles. The molecule has 0 bridgehead atoms. The van der Waals surface area contributed by atoms with Crippen LogP contribution in [0.25, 0.3) is 0 Å². The van der Waals surface area contributed by atoms with Gasteiger partial charge in [0, 0.05) is 29.2 Å². The van der Waals surface area contributed by atoms with Crippen LogP contribution in [0, 0.1) is 6.92 Å². The van der Waals surface area contributed by atoms with Crippen LogP contribution in [0.4, 0.5) is 0 Å². The Bertz CT molecular complexity index is 1250. The number of rotatable bonds is 4. The second kappa shape index (κ2) is 8.28. The fraction of sp³-hybridized carbons (Fsp3) is 0.174. The number of benzene rings is 1. The van der Waals surface area contributed by atoms with Gasteiger partial charge in [-0.2, -0.15) is 0 Å². The lowest BCUT2D eigenvalue weighted by Crippen LogP contribution is -2.35. The van der Waals surface area contributed by atoms with Crippen molar-refractivity contribution in [3.05, 3.63) is 104 Å². The molecule has 8 heteroatoms. The second-order valence-corrected chi connectivity index (χ2v) is 7.55. The summed E-state index contributed by atoms with van der Waals surface area (Å²) < 4.78 is 12.3. The molecule has 4 rings (SSSR count). The quantitative estimate of drug-likeness (QED) is 0.630. The maximum Gasteiger partial charge on any atom is 0.340 e. The van der Waals surface area contributed by atoms with Crippen molar-refractivity contribution >= 4 is 17.6 Å². The van der Waals surface area contributed by atoms with Gasteiger partial charge >= 0.3 is 5.97 Å². The van der Waals surface area contributed by atoms with Crippen LogP contribution >= 0.6 is 11.6 Å². The Morgan fingerprint density at radius 2 is 2.06 bits per heavy atom. The summed E-state index contributed by atoms with van der Waals surface area (Å²) in [5.41, 5.74) is 8.22. The van der Waals surface area contributed by atoms with E-state index in [0.29, 0.717) is 28.6 Å². The average Bonchev–Trinajstić information content (AvgIpc) is 2.76. The van der Waals surface area contributed by atoms with E-state index in [-0.39, 0.29) is 22.6 Å². The van der Waals surface area contributed by atoms with Crippen LogP contribution < -0.4 is 16.0 Å². The number of carbonyl (C=O) groups excluding carboxylic acids is 1. The van der Waals surface area contributed by atoms with Crippen molar-refractivity contribution in [1.82, 2.24) is 9.55 Å². The van der Waals surface area contributed by atoms with Crippen molar-refractivity contribution in [2.24, 2.45) is 5.73 Å². The first kappa shape index (κ1) is 20.7. The summed E-state index contributed by atoms with van der Waals surface area (Å²) in [7, 11) is 1.25. The lowest BCUT2D eigenvalue weighted by Gasteiger charge is -2.29. The molecule has 2 N–H and O–H groups in total. The van der Waals surface area contributed by atoms with Crippen molar-refractivity contribution in [3.63, 3.8) is 0 Å². The smallest absolute Gasteiger partial charge is 0.340 e. The van der Waals surface area contributed by atoms with Crippen molar-refractivity contribution < 1.29 is 14.3 Å². The molecule has 1 aliphatic rings. The van der Waals surface area contributed by atoms with E-state index in [1.54, 1.807) is 47.3 Å². The largest absolute Gasteiger partial charge is 0.465 e. The highest BCUT2D eigenvalue weighted by Crippen LogP contribution is 2.43. The fourth-order valence-electron chi connectivity index (χ4n) is 3.79. The van der Waals surface area contributed by atoms with Gasteiger partial charge < -0.3 is 19.8 Å². The predicted molar refractivity (Wildman–Crippen MR) is 116 cm³/mol. The standard InChI is InChI=1S/C23H20ClN3O4/c1-13-10-17-19(22(28)27(13)12-14-6-5-9-26-11-14)18(15-7-3-4-8-16(15)24)20(21(25)31-17)23(29)30-2/h3-11,18H,12,25H2,1-2H3. The lowest BCUT2D eigenvalue weighted by molar-refractivity contribution is -0.136. The van der Waals surface area contributed by atoms with Gasteiger partial charge in [0.05, 0.1) is 25.1 Å². The minimum Gasteiger partial charge on any atom is -0.465 e. The summed E-state index contributed by atoms with van der Waals surface area (Å²) in [6, 6.07) is 12.4. The monoisotopic (exact) mass is 437 g/mol. The average molecular weight is 438 g/mol. The third kappa shape index (κ3) is 3.68. The van der Waals surface area contributed by atoms with Gasteiger partial charge in [-0.15, -0.1) is 0 Å². The Morgan fingerprint density at radius 1 is 1.29 bits per heavy atom. The first-order chi connectivity index (χ1) is 14.9. The number of nitrogens with zero attached hydrogens (tertiary/aromatic N) is 2. The summed E-state index contributed by atoms with van der Waals surface area (Å²) in [6.07, 6.45) is 3.37. The maximum absolute atomic E-state index is 13.7. The molecule has 1 aliphatic heterocycles. The number of aryl methyl sites for hydroxylation is 1. The van der Waals surface area contributed by atoms with Crippen LogP contribution in [-0.4, -0.2) is 22.6 Å². The summed E-state index contributed by atoms with van der Waals surface area (Å²) in [5, 5.41) is 0.397. The second-order valence-electron chi connectivity index (χ2n) is 7.14. The van der Waals surface area contributed by atoms with Gasteiger partial charge in [-0.05, 0) is 30.2 Å². The van der Waals surface area contributed by atoms with Gasteiger partial charge in [0.1, 0.15) is 11.3 Å². The van der Waals surface area contributed by atoms with Gasteiger partial charge in [0.15, 0.2) is 0 Å². The third-order valence-corrected chi connectivity index (χ3v) is 5.60. The summed E-state index contributed by atoms with van der Waals surface area (Å²) >= 11 is 6.46. The molecule has 2 aromatic heterocycles. The molecule has 3 aromatic rings. The molecule has 0 fully saturated rings. The maximum atomic E-state index is 13.7. The Morgan fingerprint density at radius 3 is 2.74 bits per heavy atom. The number of ether oxygens (including phenoxy) is 2. The van der Waals surface area contributed by atoms with Crippen LogP contribution in [0.2, 0.25) is 5.02 Å². The predicted octanol–water partition coefficient (Wildman–Crippen LogP) is 3.12. The molecular weight excluding hydrogens is 418 g/mol. The van der Waals surface area contributed by atoms with Gasteiger partial charge in [0.25, 0.3) is 5.56 Å². The summed E-state index contributed by atoms with van der Waals surface area (Å²) in [6.45, 7) is 2.12. The van der Waals surface area contributed by atoms with Crippen LogP contribution in [-0.2, 0) is 16.1 Å². The molecule has 1 unspecified atom stereocenters. The van der Waals surface area contributed by atoms with Crippen molar-refractivity contribution in [2.45, 2.75) is 19.4 Å². The van der Waals surface area contributed by atoms with Crippen LogP contribution in [0.3, 0.4) is 0 Å². The number of aromatic nitrogens is 2. The molecule has 158 valence electrons. The van der Waals surface area contributed by atoms with E-state index in [1.807, 2.05) is 19.1 Å². The third-order valence-electron chi connectivity index (χ3n) is 5.25. The molecule has 3 heterocycles. The molecule has 0 saturated carbocycles. The number of hydrogen-bond donors (Lipinski definition) is 1. The minimum atomic E-state index is -0.835. The van der Waals surface area contributed by atoms with E-state index >= 15 is 0 Å². The molecule has 1 atom stereocenters. The zero-order chi connectivity index (χ0) is 22.1. The number of fused-ring (bicyclic) bond motifs is 1. The van der Waals surface area contributed by atoms with Gasteiger partial charge in [-0.1, -0.05) is 35.9 Å². The molecule has 0 radical (unpaired) electrons. The molecule has 31 heavy (non-hydrogen) atoms. The van der Waals surface area contributed by atoms with E-state index in [4.69, 9.17) is 26.8 Å². The van der Waals surface area contributed by atoms with E-state index in [9.17, 15) is 9.59 Å². The number of nitrogens with two attached hydrogens (primary N) is 1. The SMILES string of the molecule is COC(=O)C1=C(N)Oc2cc(C)n(Cc3cccnc3)c(=O)c2C1c1ccccc1Cl. The first-order valence-corrected chi connectivity index (χ1v) is 9.93. The normalized spacial score (nSPS) is 15.3. The topological polar surface area (TPSA) is 96.4 Å². The minimum absolute atomic E-state index is 0.0389. The van der Waals surface area contributed by atoms with E-state index in [2.05, 4.69) is 4.98 Å². The van der Waals surface area contributed by atoms with Gasteiger partial charge in [0.2, 0.25) is 5.88 Å². The summed E-state index contributed by atoms with van der Waals surface area (Å²) in [4.78, 5) is 30.5. The molecule has 0 saturated heterocycles. The highest BCUT2D eigenvalue weighted by Gasteiger charge is 2.39. The van der Waals surface area contributed by atoms with Crippen molar-refractivity contribution in [1.29, 1.82) is 0 Å². The van der Waals surface area contributed by atoms with Crippen molar-refractivity contribution in [2.75, 3.05) is 7.11 Å². The van der Waals surface area contributed by atoms with Crippen LogP contribution in [0.5, 0.6) is 5.75 Å². The number of carbonyl (C=O) groups is 1. The zero-order valence-electron chi connectivity index (χ0n) is 17.0. The Hall–Kier alpha value is -3.58. The molecule has 0 spiro atoms. The lowest BCUT2D eigenvalue weighted by atomic mass is 9.83. The highest BCUT2D eigenvalue weighted by molar-refractivity contribution is 6.31. The Labute approximate surface area is 183 Å². The van der Waals surface area contributed by atoms with Crippen molar-refractivity contribution in [3.8, 4) is 5.75 Å². The fourth-order valence-corrected chi connectivity index (χ4v) is 4.03. The van der Waals surface area contributed by atoms with Crippen LogP contribution in [0.15, 0.2) is 71.1 Å². The molecule has 0 aliphatic carbocycles. The number of pyridine rings is 2. The Kier molecular flexibility index (Phi) is 5.52. The first-order valence-electron chi connectivity index (χ1n) is 9.55. The summed E-state index contributed by atoms with van der Waals surface area (Å²) in [5.74, 6) is -1.35. The van der Waals surface area contributed by atoms with E-state index in [0.717, 1.165) is 5.56 Å².